The van der Waals surface area contributed by atoms with E-state index in [4.69, 9.17) is 9.47 Å². The monoisotopic (exact) mass is 468 g/mol. The fourth-order valence-electron chi connectivity index (χ4n) is 5.11. The maximum atomic E-state index is 13.4. The number of fused-ring (bicyclic) bond motifs is 2. The molecule has 7 heteroatoms. The van der Waals surface area contributed by atoms with Crippen LogP contribution in [0.15, 0.2) is 66.7 Å². The van der Waals surface area contributed by atoms with Crippen molar-refractivity contribution >= 4 is 17.7 Å². The van der Waals surface area contributed by atoms with Crippen LogP contribution in [0, 0.1) is 0 Å². The molecule has 6 rings (SSSR count). The van der Waals surface area contributed by atoms with Crippen LogP contribution in [0.3, 0.4) is 0 Å². The summed E-state index contributed by atoms with van der Waals surface area (Å²) in [6.07, 6.45) is 1.83. The van der Waals surface area contributed by atoms with E-state index in [0.29, 0.717) is 36.4 Å². The highest BCUT2D eigenvalue weighted by molar-refractivity contribution is 6.21. The molecule has 0 saturated carbocycles. The third kappa shape index (κ3) is 3.73. The average Bonchev–Trinajstić information content (AvgIpc) is 3.48. The van der Waals surface area contributed by atoms with Crippen LogP contribution in [0.2, 0.25) is 0 Å². The predicted molar refractivity (Wildman–Crippen MR) is 128 cm³/mol. The molecule has 1 fully saturated rings. The molecule has 0 aliphatic carbocycles. The van der Waals surface area contributed by atoms with Gasteiger partial charge in [0.15, 0.2) is 11.5 Å². The average molecular weight is 469 g/mol. The molecule has 3 amide bonds. The van der Waals surface area contributed by atoms with Gasteiger partial charge in [0.2, 0.25) is 0 Å². The molecular weight excluding hydrogens is 444 g/mol. The summed E-state index contributed by atoms with van der Waals surface area (Å²) in [5.74, 6) is 0.861. The van der Waals surface area contributed by atoms with Crippen LogP contribution in [0.5, 0.6) is 11.5 Å². The number of likely N-dealkylation sites (tertiary alicyclic amines) is 1. The fourth-order valence-corrected chi connectivity index (χ4v) is 5.11. The van der Waals surface area contributed by atoms with Crippen molar-refractivity contribution in [1.82, 2.24) is 9.80 Å². The number of carbonyl (C=O) groups is 3. The van der Waals surface area contributed by atoms with Gasteiger partial charge in [0.25, 0.3) is 17.7 Å². The summed E-state index contributed by atoms with van der Waals surface area (Å²) in [4.78, 5) is 41.8. The molecule has 1 unspecified atom stereocenters. The quantitative estimate of drug-likeness (QED) is 0.536. The summed E-state index contributed by atoms with van der Waals surface area (Å²) in [5.41, 5.74) is 3.29. The zero-order chi connectivity index (χ0) is 23.9. The Balaban J connectivity index is 1.17. The summed E-state index contributed by atoms with van der Waals surface area (Å²) >= 11 is 0. The minimum absolute atomic E-state index is 0.0173. The van der Waals surface area contributed by atoms with Crippen molar-refractivity contribution in [1.29, 1.82) is 0 Å². The lowest BCUT2D eigenvalue weighted by atomic mass is 10.0. The van der Waals surface area contributed by atoms with Gasteiger partial charge in [0.1, 0.15) is 13.2 Å². The van der Waals surface area contributed by atoms with E-state index in [0.717, 1.165) is 35.5 Å². The largest absolute Gasteiger partial charge is 0.486 e. The molecule has 1 saturated heterocycles. The summed E-state index contributed by atoms with van der Waals surface area (Å²) in [6.45, 7) is 1.93. The van der Waals surface area contributed by atoms with Crippen molar-refractivity contribution in [2.24, 2.45) is 0 Å². The molecule has 0 spiro atoms. The van der Waals surface area contributed by atoms with Gasteiger partial charge in [-0.2, -0.15) is 0 Å². The Morgan fingerprint density at radius 3 is 2.26 bits per heavy atom. The zero-order valence-corrected chi connectivity index (χ0v) is 19.1. The summed E-state index contributed by atoms with van der Waals surface area (Å²) in [7, 11) is 0. The third-order valence-corrected chi connectivity index (χ3v) is 6.88. The van der Waals surface area contributed by atoms with Gasteiger partial charge in [-0.15, -0.1) is 0 Å². The molecule has 35 heavy (non-hydrogen) atoms. The van der Waals surface area contributed by atoms with Crippen LogP contribution in [0.25, 0.3) is 0 Å². The smallest absolute Gasteiger partial charge is 0.261 e. The number of hydrogen-bond donors (Lipinski definition) is 0. The van der Waals surface area contributed by atoms with E-state index >= 15 is 0 Å². The normalized spacial score (nSPS) is 18.7. The highest BCUT2D eigenvalue weighted by atomic mass is 16.6. The highest BCUT2D eigenvalue weighted by Gasteiger charge is 2.35. The standard InChI is InChI=1S/C28H24N2O5/c31-26(29-13-3-6-23(29)20-11-12-24-25(16-20)35-15-14-34-24)19-9-7-18(8-10-19)17-30-27(32)21-4-1-2-5-22(21)28(30)33/h1-2,4-5,7-12,16,23H,3,6,13-15,17H2. The van der Waals surface area contributed by atoms with E-state index in [2.05, 4.69) is 0 Å². The van der Waals surface area contributed by atoms with Crippen LogP contribution < -0.4 is 9.47 Å². The lowest BCUT2D eigenvalue weighted by Gasteiger charge is -2.27. The number of benzene rings is 3. The van der Waals surface area contributed by atoms with E-state index in [1.165, 1.54) is 4.90 Å². The number of rotatable bonds is 4. The first-order valence-electron chi connectivity index (χ1n) is 11.8. The van der Waals surface area contributed by atoms with Crippen LogP contribution in [0.4, 0.5) is 0 Å². The maximum Gasteiger partial charge on any atom is 0.261 e. The molecule has 3 aliphatic rings. The van der Waals surface area contributed by atoms with Gasteiger partial charge in [-0.25, -0.2) is 0 Å². The molecule has 176 valence electrons. The lowest BCUT2D eigenvalue weighted by Crippen LogP contribution is -2.31. The fraction of sp³-hybridized carbons (Fsp3) is 0.250. The summed E-state index contributed by atoms with van der Waals surface area (Å²) < 4.78 is 11.4. The molecule has 0 radical (unpaired) electrons. The third-order valence-electron chi connectivity index (χ3n) is 6.88. The van der Waals surface area contributed by atoms with Gasteiger partial charge >= 0.3 is 0 Å². The minimum atomic E-state index is -0.287. The predicted octanol–water partition coefficient (Wildman–Crippen LogP) is 4.23. The van der Waals surface area contributed by atoms with Gasteiger partial charge < -0.3 is 14.4 Å². The second kappa shape index (κ2) is 8.58. The number of imide groups is 1. The molecule has 3 aromatic carbocycles. The Morgan fingerprint density at radius 2 is 1.54 bits per heavy atom. The molecule has 3 heterocycles. The van der Waals surface area contributed by atoms with E-state index in [1.807, 2.05) is 35.2 Å². The molecular formula is C28H24N2O5. The first-order chi connectivity index (χ1) is 17.1. The second-order valence-electron chi connectivity index (χ2n) is 9.00. The second-order valence-corrected chi connectivity index (χ2v) is 9.00. The van der Waals surface area contributed by atoms with Gasteiger partial charge in [0.05, 0.1) is 23.7 Å². The van der Waals surface area contributed by atoms with Crippen molar-refractivity contribution in [2.45, 2.75) is 25.4 Å². The van der Waals surface area contributed by atoms with Crippen LogP contribution in [-0.2, 0) is 6.54 Å². The minimum Gasteiger partial charge on any atom is -0.486 e. The Hall–Kier alpha value is -4.13. The van der Waals surface area contributed by atoms with Crippen molar-refractivity contribution in [3.05, 3.63) is 94.5 Å². The van der Waals surface area contributed by atoms with Gasteiger partial charge in [0, 0.05) is 12.1 Å². The molecule has 3 aromatic rings. The summed E-state index contributed by atoms with van der Waals surface area (Å²) in [5, 5.41) is 0. The van der Waals surface area contributed by atoms with Crippen molar-refractivity contribution in [3.8, 4) is 11.5 Å². The molecule has 0 bridgehead atoms. The van der Waals surface area contributed by atoms with Gasteiger partial charge in [-0.1, -0.05) is 30.3 Å². The Morgan fingerprint density at radius 1 is 0.857 bits per heavy atom. The van der Waals surface area contributed by atoms with Gasteiger partial charge in [-0.3, -0.25) is 19.3 Å². The SMILES string of the molecule is O=C1c2ccccc2C(=O)N1Cc1ccc(C(=O)N2CCCC2c2ccc3c(c2)OCCO3)cc1. The van der Waals surface area contributed by atoms with Crippen LogP contribution in [-0.4, -0.2) is 47.3 Å². The Kier molecular flexibility index (Phi) is 5.25. The first kappa shape index (κ1) is 21.4. The molecule has 7 nitrogen and oxygen atoms in total. The maximum absolute atomic E-state index is 13.4. The van der Waals surface area contributed by atoms with Crippen LogP contribution >= 0.6 is 0 Å². The topological polar surface area (TPSA) is 76.2 Å². The number of amides is 3. The molecule has 0 aromatic heterocycles. The zero-order valence-electron chi connectivity index (χ0n) is 19.1. The summed E-state index contributed by atoms with van der Waals surface area (Å²) in [6, 6.07) is 19.9. The highest BCUT2D eigenvalue weighted by Crippen LogP contribution is 2.38. The van der Waals surface area contributed by atoms with E-state index in [1.54, 1.807) is 36.4 Å². The van der Waals surface area contributed by atoms with Crippen molar-refractivity contribution in [2.75, 3.05) is 19.8 Å². The van der Waals surface area contributed by atoms with E-state index < -0.39 is 0 Å². The number of carbonyl (C=O) groups excluding carboxylic acids is 3. The Bertz CT molecular complexity index is 1300. The lowest BCUT2D eigenvalue weighted by molar-refractivity contribution is 0.0640. The Labute approximate surface area is 202 Å². The first-order valence-corrected chi connectivity index (χ1v) is 11.8. The van der Waals surface area contributed by atoms with Crippen molar-refractivity contribution in [3.63, 3.8) is 0 Å². The number of nitrogens with zero attached hydrogens (tertiary/aromatic N) is 2. The molecule has 3 aliphatic heterocycles. The van der Waals surface area contributed by atoms with Crippen molar-refractivity contribution < 1.29 is 23.9 Å². The van der Waals surface area contributed by atoms with Gasteiger partial charge in [-0.05, 0) is 60.4 Å². The van der Waals surface area contributed by atoms with E-state index in [-0.39, 0.29) is 30.3 Å². The molecule has 0 N–H and O–H groups in total. The van der Waals surface area contributed by atoms with E-state index in [9.17, 15) is 14.4 Å². The number of hydrogen-bond acceptors (Lipinski definition) is 5. The number of ether oxygens (including phenoxy) is 2. The molecule has 1 atom stereocenters. The van der Waals surface area contributed by atoms with Crippen LogP contribution in [0.1, 0.15) is 61.1 Å².